The summed E-state index contributed by atoms with van der Waals surface area (Å²) in [6, 6.07) is 11.2. The molecule has 4 heteroatoms. The van der Waals surface area contributed by atoms with E-state index in [1.165, 1.54) is 24.0 Å². The Morgan fingerprint density at radius 2 is 1.63 bits per heavy atom. The fourth-order valence-corrected chi connectivity index (χ4v) is 4.81. The van der Waals surface area contributed by atoms with Gasteiger partial charge in [-0.1, -0.05) is 18.2 Å². The van der Waals surface area contributed by atoms with Crippen molar-refractivity contribution in [1.82, 2.24) is 9.38 Å². The first-order valence-corrected chi connectivity index (χ1v) is 10.1. The highest BCUT2D eigenvalue weighted by molar-refractivity contribution is 5.50. The fourth-order valence-electron chi connectivity index (χ4n) is 4.81. The van der Waals surface area contributed by atoms with Crippen LogP contribution in [0.3, 0.4) is 0 Å². The molecule has 5 rings (SSSR count). The maximum atomic E-state index is 13.2. The van der Waals surface area contributed by atoms with Crippen LogP contribution in [0.4, 0.5) is 4.39 Å². The summed E-state index contributed by atoms with van der Waals surface area (Å²) in [4.78, 5) is 4.29. The molecule has 140 valence electrons. The first-order chi connectivity index (χ1) is 13.2. The molecular formula is C23H25FN2O. The second-order valence-electron chi connectivity index (χ2n) is 8.24. The van der Waals surface area contributed by atoms with E-state index < -0.39 is 6.10 Å². The Kier molecular flexibility index (Phi) is 4.24. The minimum atomic E-state index is -0.451. The van der Waals surface area contributed by atoms with Crippen LogP contribution in [0.1, 0.15) is 73.3 Å². The van der Waals surface area contributed by atoms with Crippen molar-refractivity contribution in [3.05, 3.63) is 71.6 Å². The highest BCUT2D eigenvalue weighted by atomic mass is 19.1. The van der Waals surface area contributed by atoms with E-state index in [4.69, 9.17) is 0 Å². The zero-order valence-corrected chi connectivity index (χ0v) is 15.4. The lowest BCUT2D eigenvalue weighted by molar-refractivity contribution is 0.0754. The number of nitrogens with zero attached hydrogens (tertiary/aromatic N) is 2. The maximum Gasteiger partial charge on any atom is 0.123 e. The van der Waals surface area contributed by atoms with E-state index in [0.717, 1.165) is 36.9 Å². The molecule has 0 bridgehead atoms. The molecule has 2 fully saturated rings. The molecule has 1 N–H and O–H groups in total. The molecule has 1 aromatic carbocycles. The Hall–Kier alpha value is -2.20. The summed E-state index contributed by atoms with van der Waals surface area (Å²) in [5.41, 5.74) is 4.62. The Balaban J connectivity index is 1.37. The highest BCUT2D eigenvalue weighted by Crippen LogP contribution is 2.47. The van der Waals surface area contributed by atoms with Gasteiger partial charge in [-0.05, 0) is 85.6 Å². The van der Waals surface area contributed by atoms with E-state index >= 15 is 0 Å². The van der Waals surface area contributed by atoms with E-state index in [0.29, 0.717) is 11.8 Å². The quantitative estimate of drug-likeness (QED) is 0.677. The summed E-state index contributed by atoms with van der Waals surface area (Å²) in [6.07, 6.45) is 9.78. The van der Waals surface area contributed by atoms with Crippen LogP contribution in [0.25, 0.3) is 5.52 Å². The third-order valence-electron chi connectivity index (χ3n) is 6.51. The number of aliphatic hydroxyl groups excluding tert-OH is 1. The molecule has 2 heterocycles. The number of hydrogen-bond donors (Lipinski definition) is 1. The van der Waals surface area contributed by atoms with Crippen LogP contribution in [0.5, 0.6) is 0 Å². The van der Waals surface area contributed by atoms with Crippen molar-refractivity contribution in [2.75, 3.05) is 0 Å². The average Bonchev–Trinajstić information content (AvgIpc) is 3.44. The smallest absolute Gasteiger partial charge is 0.123 e. The van der Waals surface area contributed by atoms with Gasteiger partial charge in [0.1, 0.15) is 5.82 Å². The van der Waals surface area contributed by atoms with Crippen molar-refractivity contribution < 1.29 is 9.50 Å². The van der Waals surface area contributed by atoms with Crippen LogP contribution in [0, 0.1) is 11.7 Å². The number of fused-ring (bicyclic) bond motifs is 1. The van der Waals surface area contributed by atoms with Crippen molar-refractivity contribution >= 4 is 5.52 Å². The standard InChI is InChI=1S/C23H25FN2O/c24-19-9-7-16(8-10-19)15-1-5-18(6-2-15)23(27)22-21(17-3-4-17)12-11-20-13-25-14-26(20)22/h7-15,17-18,23,27H,1-6H2/t15-,18-,23-/m0/s1. The van der Waals surface area contributed by atoms with Crippen molar-refractivity contribution in [3.8, 4) is 0 Å². The van der Waals surface area contributed by atoms with Crippen LogP contribution < -0.4 is 0 Å². The topological polar surface area (TPSA) is 37.5 Å². The van der Waals surface area contributed by atoms with Crippen LogP contribution in [-0.2, 0) is 0 Å². The normalized spacial score (nSPS) is 24.2. The van der Waals surface area contributed by atoms with E-state index in [-0.39, 0.29) is 11.7 Å². The van der Waals surface area contributed by atoms with Crippen LogP contribution in [0.15, 0.2) is 48.9 Å². The SMILES string of the molecule is O[C@H](c1c(C2CC2)ccc2cncn12)[C@H]1CC[C@H](c2ccc(F)cc2)CC1. The van der Waals surface area contributed by atoms with Crippen molar-refractivity contribution in [2.45, 2.75) is 56.5 Å². The lowest BCUT2D eigenvalue weighted by Gasteiger charge is -2.33. The summed E-state index contributed by atoms with van der Waals surface area (Å²) in [7, 11) is 0. The van der Waals surface area contributed by atoms with Gasteiger partial charge in [-0.25, -0.2) is 9.37 Å². The molecular weight excluding hydrogens is 339 g/mol. The molecule has 0 aliphatic heterocycles. The number of halogens is 1. The molecule has 2 aromatic heterocycles. The number of hydrogen-bond acceptors (Lipinski definition) is 2. The van der Waals surface area contributed by atoms with Gasteiger partial charge in [-0.15, -0.1) is 0 Å². The number of aliphatic hydroxyl groups is 1. The van der Waals surface area contributed by atoms with Crippen LogP contribution in [-0.4, -0.2) is 14.5 Å². The molecule has 27 heavy (non-hydrogen) atoms. The number of imidazole rings is 1. The average molecular weight is 364 g/mol. The third-order valence-corrected chi connectivity index (χ3v) is 6.51. The van der Waals surface area contributed by atoms with Crippen molar-refractivity contribution in [3.63, 3.8) is 0 Å². The summed E-state index contributed by atoms with van der Waals surface area (Å²) in [5, 5.41) is 11.3. The molecule has 2 saturated carbocycles. The Bertz CT molecular complexity index is 937. The summed E-state index contributed by atoms with van der Waals surface area (Å²) >= 11 is 0. The second-order valence-corrected chi connectivity index (χ2v) is 8.24. The molecule has 0 saturated heterocycles. The van der Waals surface area contributed by atoms with Gasteiger partial charge in [0.15, 0.2) is 0 Å². The molecule has 1 atom stereocenters. The monoisotopic (exact) mass is 364 g/mol. The van der Waals surface area contributed by atoms with E-state index in [9.17, 15) is 9.50 Å². The zero-order chi connectivity index (χ0) is 18.4. The van der Waals surface area contributed by atoms with Gasteiger partial charge < -0.3 is 9.51 Å². The number of rotatable bonds is 4. The predicted octanol–water partition coefficient (Wildman–Crippen LogP) is 5.36. The highest BCUT2D eigenvalue weighted by Gasteiger charge is 2.34. The van der Waals surface area contributed by atoms with Gasteiger partial charge in [-0.2, -0.15) is 0 Å². The largest absolute Gasteiger partial charge is 0.387 e. The van der Waals surface area contributed by atoms with Crippen LogP contribution in [0.2, 0.25) is 0 Å². The molecule has 3 aromatic rings. The fraction of sp³-hybridized carbons (Fsp3) is 0.435. The van der Waals surface area contributed by atoms with Crippen LogP contribution >= 0.6 is 0 Å². The molecule has 0 amide bonds. The minimum Gasteiger partial charge on any atom is -0.387 e. The van der Waals surface area contributed by atoms with Gasteiger partial charge in [0.25, 0.3) is 0 Å². The molecule has 0 spiro atoms. The van der Waals surface area contributed by atoms with Gasteiger partial charge in [0, 0.05) is 0 Å². The molecule has 2 aliphatic rings. The minimum absolute atomic E-state index is 0.177. The van der Waals surface area contributed by atoms with Crippen molar-refractivity contribution in [1.29, 1.82) is 0 Å². The van der Waals surface area contributed by atoms with Crippen molar-refractivity contribution in [2.24, 2.45) is 5.92 Å². The Morgan fingerprint density at radius 3 is 2.33 bits per heavy atom. The first-order valence-electron chi connectivity index (χ1n) is 10.1. The second kappa shape index (κ2) is 6.75. The van der Waals surface area contributed by atoms with E-state index in [1.807, 2.05) is 24.7 Å². The summed E-state index contributed by atoms with van der Waals surface area (Å²) in [5.74, 6) is 1.16. The van der Waals surface area contributed by atoms with Gasteiger partial charge in [0.05, 0.1) is 29.8 Å². The Morgan fingerprint density at radius 1 is 0.926 bits per heavy atom. The third kappa shape index (κ3) is 3.16. The first kappa shape index (κ1) is 16.9. The van der Waals surface area contributed by atoms with Gasteiger partial charge in [-0.3, -0.25) is 0 Å². The van der Waals surface area contributed by atoms with E-state index in [1.54, 1.807) is 12.1 Å². The molecule has 3 nitrogen and oxygen atoms in total. The molecule has 0 radical (unpaired) electrons. The summed E-state index contributed by atoms with van der Waals surface area (Å²) in [6.45, 7) is 0. The van der Waals surface area contributed by atoms with Gasteiger partial charge >= 0.3 is 0 Å². The summed E-state index contributed by atoms with van der Waals surface area (Å²) < 4.78 is 15.3. The van der Waals surface area contributed by atoms with Gasteiger partial charge in [0.2, 0.25) is 0 Å². The maximum absolute atomic E-state index is 13.2. The molecule has 2 aliphatic carbocycles. The lowest BCUT2D eigenvalue weighted by Crippen LogP contribution is -2.22. The predicted molar refractivity (Wildman–Crippen MR) is 103 cm³/mol. The number of aromatic nitrogens is 2. The zero-order valence-electron chi connectivity index (χ0n) is 15.4. The molecule has 0 unspecified atom stereocenters. The lowest BCUT2D eigenvalue weighted by atomic mass is 9.75. The van der Waals surface area contributed by atoms with E-state index in [2.05, 4.69) is 21.5 Å². The number of benzene rings is 1. The number of pyridine rings is 1. The Labute approximate surface area is 158 Å².